The highest BCUT2D eigenvalue weighted by atomic mass is 16.3. The molecule has 98 valence electrons. The van der Waals surface area contributed by atoms with Crippen LogP contribution in [0.4, 0.5) is 0 Å². The fraction of sp³-hybridized carbons (Fsp3) is 1.00. The first kappa shape index (κ1) is 15.9. The van der Waals surface area contributed by atoms with Crippen LogP contribution >= 0.6 is 0 Å². The van der Waals surface area contributed by atoms with Crippen molar-refractivity contribution in [3.8, 4) is 0 Å². The largest absolute Gasteiger partial charge is 0.393 e. The van der Waals surface area contributed by atoms with Gasteiger partial charge in [-0.3, -0.25) is 0 Å². The molecule has 2 nitrogen and oxygen atoms in total. The van der Waals surface area contributed by atoms with Crippen LogP contribution in [0.5, 0.6) is 0 Å². The van der Waals surface area contributed by atoms with Crippen LogP contribution in [0, 0.1) is 11.8 Å². The van der Waals surface area contributed by atoms with E-state index in [4.69, 9.17) is 0 Å². The topological polar surface area (TPSA) is 40.5 Å². The summed E-state index contributed by atoms with van der Waals surface area (Å²) in [7, 11) is 0. The number of rotatable bonds is 9. The van der Waals surface area contributed by atoms with E-state index in [1.807, 2.05) is 0 Å². The van der Waals surface area contributed by atoms with Crippen molar-refractivity contribution in [3.63, 3.8) is 0 Å². The van der Waals surface area contributed by atoms with Crippen molar-refractivity contribution >= 4 is 0 Å². The van der Waals surface area contributed by atoms with Gasteiger partial charge < -0.3 is 10.2 Å². The maximum atomic E-state index is 9.60. The van der Waals surface area contributed by atoms with E-state index in [1.165, 1.54) is 12.8 Å². The molecule has 16 heavy (non-hydrogen) atoms. The molecule has 0 aliphatic rings. The van der Waals surface area contributed by atoms with Gasteiger partial charge in [0.05, 0.1) is 12.2 Å². The molecule has 0 aromatic carbocycles. The highest BCUT2D eigenvalue weighted by molar-refractivity contribution is 4.62. The normalized spacial score (nSPS) is 15.8. The zero-order valence-electron chi connectivity index (χ0n) is 11.4. The quantitative estimate of drug-likeness (QED) is 0.596. The molecule has 0 aromatic heterocycles. The SMILES string of the molecule is CC(C)C(O)CCCCCCC(O)C(C)C. The average molecular weight is 230 g/mol. The fourth-order valence-electron chi connectivity index (χ4n) is 1.73. The first-order valence-electron chi connectivity index (χ1n) is 6.81. The second-order valence-corrected chi connectivity index (χ2v) is 5.61. The van der Waals surface area contributed by atoms with Crippen LogP contribution in [0.15, 0.2) is 0 Å². The molecule has 2 atom stereocenters. The summed E-state index contributed by atoms with van der Waals surface area (Å²) in [5, 5.41) is 19.2. The lowest BCUT2D eigenvalue weighted by Crippen LogP contribution is -2.14. The zero-order chi connectivity index (χ0) is 12.6. The van der Waals surface area contributed by atoms with E-state index in [9.17, 15) is 10.2 Å². The molecule has 0 saturated carbocycles. The Balaban J connectivity index is 3.28. The third-order valence-electron chi connectivity index (χ3n) is 3.29. The van der Waals surface area contributed by atoms with Gasteiger partial charge in [-0.15, -0.1) is 0 Å². The van der Waals surface area contributed by atoms with Crippen molar-refractivity contribution in [2.75, 3.05) is 0 Å². The number of hydrogen-bond donors (Lipinski definition) is 2. The third-order valence-corrected chi connectivity index (χ3v) is 3.29. The number of aliphatic hydroxyl groups excluding tert-OH is 2. The second-order valence-electron chi connectivity index (χ2n) is 5.61. The molecule has 0 fully saturated rings. The molecular formula is C14H30O2. The van der Waals surface area contributed by atoms with Gasteiger partial charge in [0.25, 0.3) is 0 Å². The molecule has 0 bridgehead atoms. The molecule has 2 N–H and O–H groups in total. The predicted molar refractivity (Wildman–Crippen MR) is 69.4 cm³/mol. The molecular weight excluding hydrogens is 200 g/mol. The van der Waals surface area contributed by atoms with Gasteiger partial charge >= 0.3 is 0 Å². The van der Waals surface area contributed by atoms with E-state index in [-0.39, 0.29) is 12.2 Å². The Hall–Kier alpha value is -0.0800. The average Bonchev–Trinajstić information content (AvgIpc) is 2.21. The Bertz CT molecular complexity index is 137. The van der Waals surface area contributed by atoms with E-state index in [0.717, 1.165) is 25.7 Å². The van der Waals surface area contributed by atoms with Crippen LogP contribution in [-0.2, 0) is 0 Å². The lowest BCUT2D eigenvalue weighted by atomic mass is 9.98. The summed E-state index contributed by atoms with van der Waals surface area (Å²) in [6, 6.07) is 0. The van der Waals surface area contributed by atoms with Crippen molar-refractivity contribution in [3.05, 3.63) is 0 Å². The summed E-state index contributed by atoms with van der Waals surface area (Å²) >= 11 is 0. The standard InChI is InChI=1S/C14H30O2/c1-11(2)13(15)9-7-5-6-8-10-14(16)12(3)4/h11-16H,5-10H2,1-4H3. The van der Waals surface area contributed by atoms with Crippen LogP contribution in [0.25, 0.3) is 0 Å². The lowest BCUT2D eigenvalue weighted by molar-refractivity contribution is 0.108. The molecule has 0 saturated heterocycles. The minimum atomic E-state index is -0.138. The minimum absolute atomic E-state index is 0.138. The molecule has 0 spiro atoms. The van der Waals surface area contributed by atoms with E-state index < -0.39 is 0 Å². The van der Waals surface area contributed by atoms with Gasteiger partial charge in [-0.1, -0.05) is 53.4 Å². The van der Waals surface area contributed by atoms with Gasteiger partial charge in [0, 0.05) is 0 Å². The molecule has 0 heterocycles. The summed E-state index contributed by atoms with van der Waals surface area (Å²) in [6.45, 7) is 8.24. The Morgan fingerprint density at radius 1 is 0.625 bits per heavy atom. The zero-order valence-corrected chi connectivity index (χ0v) is 11.4. The van der Waals surface area contributed by atoms with E-state index >= 15 is 0 Å². The van der Waals surface area contributed by atoms with Crippen LogP contribution < -0.4 is 0 Å². The van der Waals surface area contributed by atoms with Gasteiger partial charge in [0.2, 0.25) is 0 Å². The molecule has 0 rings (SSSR count). The number of hydrogen-bond acceptors (Lipinski definition) is 2. The van der Waals surface area contributed by atoms with Gasteiger partial charge in [-0.05, 0) is 24.7 Å². The summed E-state index contributed by atoms with van der Waals surface area (Å²) in [4.78, 5) is 0. The summed E-state index contributed by atoms with van der Waals surface area (Å²) < 4.78 is 0. The molecule has 0 aliphatic heterocycles. The van der Waals surface area contributed by atoms with Gasteiger partial charge in [0.1, 0.15) is 0 Å². The maximum Gasteiger partial charge on any atom is 0.0563 e. The summed E-state index contributed by atoms with van der Waals surface area (Å²) in [5.41, 5.74) is 0. The molecule has 0 aromatic rings. The number of aliphatic hydroxyl groups is 2. The predicted octanol–water partition coefficient (Wildman–Crippen LogP) is 3.36. The lowest BCUT2D eigenvalue weighted by Gasteiger charge is -2.15. The van der Waals surface area contributed by atoms with Gasteiger partial charge in [0.15, 0.2) is 0 Å². The van der Waals surface area contributed by atoms with Crippen LogP contribution in [-0.4, -0.2) is 22.4 Å². The van der Waals surface area contributed by atoms with Crippen LogP contribution in [0.2, 0.25) is 0 Å². The van der Waals surface area contributed by atoms with E-state index in [0.29, 0.717) is 11.8 Å². The van der Waals surface area contributed by atoms with Crippen molar-refractivity contribution in [1.29, 1.82) is 0 Å². The molecule has 0 radical (unpaired) electrons. The van der Waals surface area contributed by atoms with Crippen molar-refractivity contribution in [1.82, 2.24) is 0 Å². The molecule has 0 aliphatic carbocycles. The van der Waals surface area contributed by atoms with E-state index in [2.05, 4.69) is 27.7 Å². The summed E-state index contributed by atoms with van der Waals surface area (Å²) in [6.07, 6.45) is 6.13. The Kier molecular flexibility index (Phi) is 8.96. The highest BCUT2D eigenvalue weighted by Gasteiger charge is 2.09. The van der Waals surface area contributed by atoms with Crippen LogP contribution in [0.1, 0.15) is 66.2 Å². The first-order chi connectivity index (χ1) is 7.45. The Morgan fingerprint density at radius 3 is 1.19 bits per heavy atom. The van der Waals surface area contributed by atoms with Gasteiger partial charge in [-0.25, -0.2) is 0 Å². The molecule has 0 amide bonds. The highest BCUT2D eigenvalue weighted by Crippen LogP contribution is 2.14. The van der Waals surface area contributed by atoms with Crippen molar-refractivity contribution in [2.24, 2.45) is 11.8 Å². The van der Waals surface area contributed by atoms with Gasteiger partial charge in [-0.2, -0.15) is 0 Å². The first-order valence-corrected chi connectivity index (χ1v) is 6.81. The number of unbranched alkanes of at least 4 members (excludes halogenated alkanes) is 3. The minimum Gasteiger partial charge on any atom is -0.393 e. The Labute approximate surface area is 101 Å². The second kappa shape index (κ2) is 9.00. The van der Waals surface area contributed by atoms with Crippen molar-refractivity contribution < 1.29 is 10.2 Å². The smallest absolute Gasteiger partial charge is 0.0563 e. The monoisotopic (exact) mass is 230 g/mol. The van der Waals surface area contributed by atoms with E-state index in [1.54, 1.807) is 0 Å². The van der Waals surface area contributed by atoms with Crippen molar-refractivity contribution in [2.45, 2.75) is 78.4 Å². The molecule has 2 unspecified atom stereocenters. The summed E-state index contributed by atoms with van der Waals surface area (Å²) in [5.74, 6) is 0.755. The maximum absolute atomic E-state index is 9.60. The van der Waals surface area contributed by atoms with Crippen LogP contribution in [0.3, 0.4) is 0 Å². The molecule has 2 heteroatoms. The Morgan fingerprint density at radius 2 is 0.938 bits per heavy atom. The third kappa shape index (κ3) is 8.12. The fourth-order valence-corrected chi connectivity index (χ4v) is 1.73.